The van der Waals surface area contributed by atoms with Gasteiger partial charge >= 0.3 is 0 Å². The summed E-state index contributed by atoms with van der Waals surface area (Å²) in [7, 11) is -3.61. The molecule has 0 heterocycles. The molecule has 0 aromatic heterocycles. The summed E-state index contributed by atoms with van der Waals surface area (Å²) in [5.41, 5.74) is 7.02. The molecule has 6 nitrogen and oxygen atoms in total. The molecule has 1 aromatic carbocycles. The molecule has 0 saturated carbocycles. The maximum atomic E-state index is 12.1. The largest absolute Gasteiger partial charge is 0.353 e. The summed E-state index contributed by atoms with van der Waals surface area (Å²) in [6.45, 7) is 5.42. The van der Waals surface area contributed by atoms with Crippen molar-refractivity contribution in [1.82, 2.24) is 10.0 Å². The van der Waals surface area contributed by atoms with Gasteiger partial charge in [0.2, 0.25) is 15.9 Å². The predicted molar refractivity (Wildman–Crippen MR) is 82.8 cm³/mol. The van der Waals surface area contributed by atoms with Crippen molar-refractivity contribution < 1.29 is 13.2 Å². The number of benzene rings is 1. The van der Waals surface area contributed by atoms with Gasteiger partial charge in [-0.15, -0.1) is 0 Å². The van der Waals surface area contributed by atoms with Crippen LogP contribution in [0.2, 0.25) is 0 Å². The van der Waals surface area contributed by atoms with E-state index in [2.05, 4.69) is 10.0 Å². The minimum atomic E-state index is -3.61. The monoisotopic (exact) mass is 313 g/mol. The van der Waals surface area contributed by atoms with Crippen LogP contribution in [0.25, 0.3) is 0 Å². The summed E-state index contributed by atoms with van der Waals surface area (Å²) in [4.78, 5) is 11.7. The zero-order chi connectivity index (χ0) is 16.0. The van der Waals surface area contributed by atoms with Crippen LogP contribution in [-0.2, 0) is 27.1 Å². The molecule has 1 atom stereocenters. The van der Waals surface area contributed by atoms with Gasteiger partial charge in [0, 0.05) is 12.6 Å². The van der Waals surface area contributed by atoms with Crippen LogP contribution in [0.3, 0.4) is 0 Å². The molecule has 1 amide bonds. The Hall–Kier alpha value is -1.44. The lowest BCUT2D eigenvalue weighted by Gasteiger charge is -2.16. The molecule has 1 aromatic rings. The van der Waals surface area contributed by atoms with Gasteiger partial charge in [-0.1, -0.05) is 24.3 Å². The minimum absolute atomic E-state index is 0.0394. The van der Waals surface area contributed by atoms with Crippen molar-refractivity contribution in [3.05, 3.63) is 35.4 Å². The molecule has 0 aliphatic carbocycles. The van der Waals surface area contributed by atoms with Gasteiger partial charge < -0.3 is 11.1 Å². The van der Waals surface area contributed by atoms with E-state index >= 15 is 0 Å². The normalized spacial score (nSPS) is 13.2. The van der Waals surface area contributed by atoms with Crippen molar-refractivity contribution in [3.63, 3.8) is 0 Å². The Balaban J connectivity index is 2.76. The third kappa shape index (κ3) is 5.82. The summed E-state index contributed by atoms with van der Waals surface area (Å²) in [6, 6.07) is 6.23. The first-order valence-corrected chi connectivity index (χ1v) is 8.47. The third-order valence-corrected chi connectivity index (χ3v) is 4.27. The average molecular weight is 313 g/mol. The Labute approximate surface area is 126 Å². The molecule has 118 valence electrons. The molecule has 0 fully saturated rings. The second-order valence-electron chi connectivity index (χ2n) is 5.23. The van der Waals surface area contributed by atoms with Crippen molar-refractivity contribution in [3.8, 4) is 0 Å². The Kier molecular flexibility index (Phi) is 6.32. The van der Waals surface area contributed by atoms with E-state index in [0.29, 0.717) is 5.56 Å². The number of hydrogen-bond donors (Lipinski definition) is 3. The van der Waals surface area contributed by atoms with Crippen LogP contribution in [0.4, 0.5) is 0 Å². The number of sulfonamides is 1. The Bertz CT molecular complexity index is 585. The molecule has 0 aliphatic rings. The second-order valence-corrected chi connectivity index (χ2v) is 6.99. The molecule has 7 heteroatoms. The number of nitrogens with one attached hydrogen (secondary N) is 2. The van der Waals surface area contributed by atoms with Crippen LogP contribution in [0.15, 0.2) is 24.3 Å². The number of nitrogens with two attached hydrogens (primary N) is 1. The SMILES string of the molecule is CC(C)NC(=O)C(C)NS(=O)(=O)Cc1ccccc1CN. The molecule has 0 bridgehead atoms. The van der Waals surface area contributed by atoms with Gasteiger partial charge in [-0.25, -0.2) is 13.1 Å². The lowest BCUT2D eigenvalue weighted by atomic mass is 10.1. The average Bonchev–Trinajstić information content (AvgIpc) is 2.37. The van der Waals surface area contributed by atoms with Gasteiger partial charge in [0.25, 0.3) is 0 Å². The quantitative estimate of drug-likeness (QED) is 0.681. The van der Waals surface area contributed by atoms with Crippen LogP contribution in [0.5, 0.6) is 0 Å². The van der Waals surface area contributed by atoms with Crippen LogP contribution in [0, 0.1) is 0 Å². The van der Waals surface area contributed by atoms with Crippen LogP contribution in [-0.4, -0.2) is 26.4 Å². The molecular weight excluding hydrogens is 290 g/mol. The highest BCUT2D eigenvalue weighted by Gasteiger charge is 2.21. The number of carbonyl (C=O) groups excluding carboxylic acids is 1. The first-order valence-electron chi connectivity index (χ1n) is 6.82. The van der Waals surface area contributed by atoms with Crippen LogP contribution >= 0.6 is 0 Å². The second kappa shape index (κ2) is 7.53. The van der Waals surface area contributed by atoms with Gasteiger partial charge in [0.05, 0.1) is 11.8 Å². The molecule has 0 radical (unpaired) electrons. The smallest absolute Gasteiger partial charge is 0.238 e. The predicted octanol–water partition coefficient (Wildman–Crippen LogP) is 0.478. The highest BCUT2D eigenvalue weighted by atomic mass is 32.2. The fourth-order valence-electron chi connectivity index (χ4n) is 1.88. The Morgan fingerprint density at radius 3 is 2.29 bits per heavy atom. The molecular formula is C14H23N3O3S. The summed E-state index contributed by atoms with van der Waals surface area (Å²) >= 11 is 0. The molecule has 1 unspecified atom stereocenters. The highest BCUT2D eigenvalue weighted by molar-refractivity contribution is 7.88. The minimum Gasteiger partial charge on any atom is -0.353 e. The Morgan fingerprint density at radius 1 is 1.19 bits per heavy atom. The van der Waals surface area contributed by atoms with Crippen LogP contribution in [0.1, 0.15) is 31.9 Å². The first-order chi connectivity index (χ1) is 9.75. The van der Waals surface area contributed by atoms with Crippen molar-refractivity contribution >= 4 is 15.9 Å². The lowest BCUT2D eigenvalue weighted by molar-refractivity contribution is -0.122. The van der Waals surface area contributed by atoms with E-state index in [4.69, 9.17) is 5.73 Å². The van der Waals surface area contributed by atoms with Crippen molar-refractivity contribution in [1.29, 1.82) is 0 Å². The standard InChI is InChI=1S/C14H23N3O3S/c1-10(2)16-14(18)11(3)17-21(19,20)9-13-7-5-4-6-12(13)8-15/h4-7,10-11,17H,8-9,15H2,1-3H3,(H,16,18). The van der Waals surface area contributed by atoms with Crippen molar-refractivity contribution in [2.45, 2.75) is 45.2 Å². The van der Waals surface area contributed by atoms with Crippen molar-refractivity contribution in [2.24, 2.45) is 5.73 Å². The number of rotatable bonds is 7. The van der Waals surface area contributed by atoms with E-state index in [9.17, 15) is 13.2 Å². The highest BCUT2D eigenvalue weighted by Crippen LogP contribution is 2.11. The lowest BCUT2D eigenvalue weighted by Crippen LogP contribution is -2.47. The van der Waals surface area contributed by atoms with E-state index in [1.54, 1.807) is 18.2 Å². The number of carbonyl (C=O) groups is 1. The van der Waals surface area contributed by atoms with Crippen molar-refractivity contribution in [2.75, 3.05) is 0 Å². The fourth-order valence-corrected chi connectivity index (χ4v) is 3.30. The summed E-state index contributed by atoms with van der Waals surface area (Å²) < 4.78 is 26.7. The zero-order valence-electron chi connectivity index (χ0n) is 12.6. The van der Waals surface area contributed by atoms with Gasteiger partial charge in [-0.05, 0) is 31.9 Å². The van der Waals surface area contributed by atoms with E-state index < -0.39 is 16.1 Å². The third-order valence-electron chi connectivity index (χ3n) is 2.86. The van der Waals surface area contributed by atoms with E-state index in [-0.39, 0.29) is 24.2 Å². The maximum absolute atomic E-state index is 12.1. The molecule has 0 spiro atoms. The molecule has 0 saturated heterocycles. The topological polar surface area (TPSA) is 101 Å². The van der Waals surface area contributed by atoms with E-state index in [1.165, 1.54) is 6.92 Å². The molecule has 0 aliphatic heterocycles. The van der Waals surface area contributed by atoms with Gasteiger partial charge in [-0.2, -0.15) is 0 Å². The van der Waals surface area contributed by atoms with E-state index in [0.717, 1.165) is 5.56 Å². The first kappa shape index (κ1) is 17.6. The van der Waals surface area contributed by atoms with Gasteiger partial charge in [-0.3, -0.25) is 4.79 Å². The van der Waals surface area contributed by atoms with Gasteiger partial charge in [0.15, 0.2) is 0 Å². The Morgan fingerprint density at radius 2 is 1.76 bits per heavy atom. The molecule has 1 rings (SSSR count). The summed E-state index contributed by atoms with van der Waals surface area (Å²) in [6.07, 6.45) is 0. The molecule has 21 heavy (non-hydrogen) atoms. The van der Waals surface area contributed by atoms with E-state index in [1.807, 2.05) is 19.9 Å². The summed E-state index contributed by atoms with van der Waals surface area (Å²) in [5.74, 6) is -0.541. The summed E-state index contributed by atoms with van der Waals surface area (Å²) in [5, 5.41) is 2.67. The maximum Gasteiger partial charge on any atom is 0.238 e. The van der Waals surface area contributed by atoms with Crippen LogP contribution < -0.4 is 15.8 Å². The zero-order valence-corrected chi connectivity index (χ0v) is 13.4. The number of amides is 1. The number of hydrogen-bond acceptors (Lipinski definition) is 4. The van der Waals surface area contributed by atoms with Gasteiger partial charge in [0.1, 0.15) is 0 Å². The fraction of sp³-hybridized carbons (Fsp3) is 0.500. The molecule has 4 N–H and O–H groups in total.